The fourth-order valence-electron chi connectivity index (χ4n) is 4.12. The quantitative estimate of drug-likeness (QED) is 0.297. The minimum Gasteiger partial charge on any atom is -0.507 e. The van der Waals surface area contributed by atoms with Crippen LogP contribution in [0.1, 0.15) is 30.5 Å². The van der Waals surface area contributed by atoms with Crippen LogP contribution in [0.3, 0.4) is 0 Å². The van der Waals surface area contributed by atoms with Crippen molar-refractivity contribution in [1.29, 1.82) is 0 Å². The average molecular weight is 503 g/mol. The van der Waals surface area contributed by atoms with Gasteiger partial charge >= 0.3 is 0 Å². The average Bonchev–Trinajstić information content (AvgIpc) is 3.09. The van der Waals surface area contributed by atoms with Gasteiger partial charge in [-0.25, -0.2) is 0 Å². The van der Waals surface area contributed by atoms with E-state index in [4.69, 9.17) is 25.8 Å². The molecule has 1 atom stereocenters. The maximum Gasteiger partial charge on any atom is 0.295 e. The van der Waals surface area contributed by atoms with Crippen LogP contribution < -0.4 is 14.2 Å². The van der Waals surface area contributed by atoms with Gasteiger partial charge in [0, 0.05) is 17.7 Å². The molecule has 0 radical (unpaired) electrons. The molecular weight excluding hydrogens is 472 g/mol. The van der Waals surface area contributed by atoms with Crippen molar-refractivity contribution in [2.45, 2.75) is 19.4 Å². The number of hydrogen-bond donors (Lipinski definition) is 1. The van der Waals surface area contributed by atoms with Crippen LogP contribution in [0.25, 0.3) is 5.76 Å². The topological polar surface area (TPSA) is 88.5 Å². The number of hydrogen-bond acceptors (Lipinski definition) is 7. The van der Waals surface area contributed by atoms with Crippen molar-refractivity contribution in [3.63, 3.8) is 0 Å². The number of aliphatic hydroxyl groups excluding tert-OH is 1. The second-order valence-electron chi connectivity index (χ2n) is 8.34. The van der Waals surface area contributed by atoms with Crippen molar-refractivity contribution < 1.29 is 28.9 Å². The number of benzene rings is 2. The van der Waals surface area contributed by atoms with Gasteiger partial charge in [0.05, 0.1) is 37.5 Å². The number of ether oxygens (including phenoxy) is 3. The van der Waals surface area contributed by atoms with E-state index in [0.29, 0.717) is 47.9 Å². The van der Waals surface area contributed by atoms with Gasteiger partial charge in [0.25, 0.3) is 11.7 Å². The number of Topliss-reactive ketones (excluding diaryl/α,β-unsaturated/α-hetero) is 1. The fraction of sp³-hybridized carbons (Fsp3) is 0.385. The normalized spacial score (nSPS) is 17.2. The summed E-state index contributed by atoms with van der Waals surface area (Å²) >= 11 is 6.33. The summed E-state index contributed by atoms with van der Waals surface area (Å²) in [4.78, 5) is 29.9. The first-order valence-electron chi connectivity index (χ1n) is 11.3. The minimum absolute atomic E-state index is 0.0355. The highest BCUT2D eigenvalue weighted by atomic mass is 35.5. The first-order valence-corrected chi connectivity index (χ1v) is 11.7. The van der Waals surface area contributed by atoms with Crippen LogP contribution in [0, 0.1) is 0 Å². The molecule has 1 fully saturated rings. The van der Waals surface area contributed by atoms with E-state index >= 15 is 0 Å². The lowest BCUT2D eigenvalue weighted by atomic mass is 9.94. The maximum absolute atomic E-state index is 13.3. The van der Waals surface area contributed by atoms with Crippen LogP contribution in [-0.4, -0.2) is 74.6 Å². The fourth-order valence-corrected chi connectivity index (χ4v) is 4.36. The Balaban J connectivity index is 2.18. The molecule has 1 saturated heterocycles. The van der Waals surface area contributed by atoms with Crippen LogP contribution in [0.15, 0.2) is 42.0 Å². The smallest absolute Gasteiger partial charge is 0.295 e. The van der Waals surface area contributed by atoms with Gasteiger partial charge in [-0.15, -0.1) is 0 Å². The van der Waals surface area contributed by atoms with E-state index in [1.807, 2.05) is 25.9 Å². The largest absolute Gasteiger partial charge is 0.507 e. The highest BCUT2D eigenvalue weighted by molar-refractivity contribution is 6.46. The molecule has 0 bridgehead atoms. The summed E-state index contributed by atoms with van der Waals surface area (Å²) in [5, 5.41) is 11.6. The first kappa shape index (κ1) is 26.4. The van der Waals surface area contributed by atoms with Gasteiger partial charge in [-0.3, -0.25) is 9.59 Å². The van der Waals surface area contributed by atoms with Gasteiger partial charge in [-0.1, -0.05) is 11.6 Å². The van der Waals surface area contributed by atoms with Crippen molar-refractivity contribution in [2.24, 2.45) is 0 Å². The highest BCUT2D eigenvalue weighted by Crippen LogP contribution is 2.44. The summed E-state index contributed by atoms with van der Waals surface area (Å²) in [7, 11) is 6.91. The van der Waals surface area contributed by atoms with Crippen LogP contribution >= 0.6 is 11.6 Å². The summed E-state index contributed by atoms with van der Waals surface area (Å²) in [5.41, 5.74) is 0.803. The summed E-state index contributed by atoms with van der Waals surface area (Å²) in [6.07, 6.45) is 0.637. The number of carbonyl (C=O) groups is 2. The lowest BCUT2D eigenvalue weighted by Crippen LogP contribution is -2.32. The number of ketones is 1. The maximum atomic E-state index is 13.3. The molecule has 9 heteroatoms. The molecule has 2 aromatic carbocycles. The second-order valence-corrected chi connectivity index (χ2v) is 8.74. The predicted octanol–water partition coefficient (Wildman–Crippen LogP) is 4.13. The van der Waals surface area contributed by atoms with Crippen molar-refractivity contribution in [1.82, 2.24) is 9.80 Å². The molecule has 35 heavy (non-hydrogen) atoms. The lowest BCUT2D eigenvalue weighted by molar-refractivity contribution is -0.140. The summed E-state index contributed by atoms with van der Waals surface area (Å²) in [5.74, 6) is -0.321. The molecule has 0 spiro atoms. The summed E-state index contributed by atoms with van der Waals surface area (Å²) < 4.78 is 16.4. The zero-order chi connectivity index (χ0) is 25.7. The zero-order valence-corrected chi connectivity index (χ0v) is 21.4. The molecule has 2 aromatic rings. The molecular formula is C26H31ClN2O6. The van der Waals surface area contributed by atoms with Gasteiger partial charge < -0.3 is 29.1 Å². The molecule has 1 N–H and O–H groups in total. The zero-order valence-electron chi connectivity index (χ0n) is 20.6. The van der Waals surface area contributed by atoms with E-state index in [1.165, 1.54) is 25.2 Å². The van der Waals surface area contributed by atoms with E-state index < -0.39 is 17.7 Å². The number of rotatable bonds is 10. The monoisotopic (exact) mass is 502 g/mol. The number of amides is 1. The lowest BCUT2D eigenvalue weighted by Gasteiger charge is -2.27. The molecule has 1 heterocycles. The van der Waals surface area contributed by atoms with Gasteiger partial charge in [0.15, 0.2) is 0 Å². The van der Waals surface area contributed by atoms with E-state index in [9.17, 15) is 14.7 Å². The molecule has 1 aliphatic heterocycles. The molecule has 188 valence electrons. The Bertz CT molecular complexity index is 1130. The van der Waals surface area contributed by atoms with Crippen molar-refractivity contribution in [3.8, 4) is 17.2 Å². The summed E-state index contributed by atoms with van der Waals surface area (Å²) in [6.45, 7) is 3.30. The Kier molecular flexibility index (Phi) is 8.64. The Morgan fingerprint density at radius 2 is 1.80 bits per heavy atom. The van der Waals surface area contributed by atoms with E-state index in [1.54, 1.807) is 30.3 Å². The Morgan fingerprint density at radius 1 is 1.09 bits per heavy atom. The molecule has 8 nitrogen and oxygen atoms in total. The molecule has 0 saturated carbocycles. The number of likely N-dealkylation sites (tertiary alicyclic amines) is 1. The van der Waals surface area contributed by atoms with Crippen LogP contribution in [0.5, 0.6) is 17.2 Å². The van der Waals surface area contributed by atoms with Crippen LogP contribution in [0.4, 0.5) is 0 Å². The number of nitrogens with zero attached hydrogens (tertiary/aromatic N) is 2. The number of methoxy groups -OCH3 is 2. The summed E-state index contributed by atoms with van der Waals surface area (Å²) in [6, 6.07) is 9.02. The number of halogens is 1. The molecule has 1 amide bonds. The molecule has 3 rings (SSSR count). The van der Waals surface area contributed by atoms with Gasteiger partial charge in [0.2, 0.25) is 0 Å². The van der Waals surface area contributed by atoms with Crippen LogP contribution in [-0.2, 0) is 9.59 Å². The van der Waals surface area contributed by atoms with Gasteiger partial charge in [-0.2, -0.15) is 0 Å². The standard InChI is InChI=1S/C26H31ClN2O6/c1-6-35-21-10-8-16(14-19(21)27)24(30)22-23(18-15-17(33-4)9-11-20(18)34-5)29(26(32)25(22)31)13-7-12-28(2)3/h8-11,14-15,23,30H,6-7,12-13H2,1-5H3/b24-22+/t23-/m0/s1. The molecule has 0 aliphatic carbocycles. The number of aliphatic hydroxyl groups is 1. The van der Waals surface area contributed by atoms with Crippen molar-refractivity contribution in [3.05, 3.63) is 58.1 Å². The van der Waals surface area contributed by atoms with E-state index in [0.717, 1.165) is 6.54 Å². The molecule has 0 unspecified atom stereocenters. The van der Waals surface area contributed by atoms with E-state index in [-0.39, 0.29) is 16.4 Å². The van der Waals surface area contributed by atoms with Gasteiger partial charge in [-0.05, 0) is 70.4 Å². The Morgan fingerprint density at radius 3 is 2.40 bits per heavy atom. The molecule has 0 aromatic heterocycles. The van der Waals surface area contributed by atoms with E-state index in [2.05, 4.69) is 0 Å². The Labute approximate surface area is 210 Å². The van der Waals surface area contributed by atoms with Crippen LogP contribution in [0.2, 0.25) is 5.02 Å². The SMILES string of the molecule is CCOc1ccc(/C(O)=C2\C(=O)C(=O)N(CCCN(C)C)[C@H]2c2cc(OC)ccc2OC)cc1Cl. The number of carbonyl (C=O) groups excluding carboxylic acids is 2. The first-order chi connectivity index (χ1) is 16.7. The third-order valence-electron chi connectivity index (χ3n) is 5.78. The third-order valence-corrected chi connectivity index (χ3v) is 6.08. The van der Waals surface area contributed by atoms with Crippen molar-refractivity contribution >= 4 is 29.1 Å². The second kappa shape index (κ2) is 11.5. The minimum atomic E-state index is -0.868. The Hall–Kier alpha value is -3.23. The predicted molar refractivity (Wildman–Crippen MR) is 134 cm³/mol. The third kappa shape index (κ3) is 5.55. The molecule has 1 aliphatic rings. The van der Waals surface area contributed by atoms with Crippen molar-refractivity contribution in [2.75, 3.05) is 48.0 Å². The van der Waals surface area contributed by atoms with Gasteiger partial charge in [0.1, 0.15) is 23.0 Å². The highest BCUT2D eigenvalue weighted by Gasteiger charge is 2.47.